The van der Waals surface area contributed by atoms with Crippen molar-refractivity contribution in [3.8, 4) is 0 Å². The van der Waals surface area contributed by atoms with Gasteiger partial charge in [0.25, 0.3) is 9.84 Å². The van der Waals surface area contributed by atoms with E-state index in [4.69, 9.17) is 0 Å². The molecule has 0 aromatic heterocycles. The molecule has 0 aliphatic heterocycles. The Hall–Kier alpha value is -0.580. The van der Waals surface area contributed by atoms with Gasteiger partial charge in [0.15, 0.2) is 0 Å². The topological polar surface area (TPSA) is 60.4 Å². The van der Waals surface area contributed by atoms with E-state index in [2.05, 4.69) is 4.74 Å². The molecule has 76 valence electrons. The highest BCUT2D eigenvalue weighted by atomic mass is 32.2. The molecule has 0 saturated heterocycles. The van der Waals surface area contributed by atoms with Crippen LogP contribution in [0.4, 0.5) is 4.79 Å². The Morgan fingerprint density at radius 1 is 1.23 bits per heavy atom. The monoisotopic (exact) mass is 206 g/mol. The predicted octanol–water partition coefficient (Wildman–Crippen LogP) is 1.50. The molecule has 1 saturated carbocycles. The Kier molecular flexibility index (Phi) is 3.30. The average molecular weight is 206 g/mol. The molecule has 0 amide bonds. The van der Waals surface area contributed by atoms with Crippen LogP contribution in [0.25, 0.3) is 0 Å². The lowest BCUT2D eigenvalue weighted by Gasteiger charge is -2.19. The highest BCUT2D eigenvalue weighted by Crippen LogP contribution is 2.24. The van der Waals surface area contributed by atoms with E-state index in [1.54, 1.807) is 0 Å². The van der Waals surface area contributed by atoms with E-state index in [0.717, 1.165) is 26.4 Å². The van der Waals surface area contributed by atoms with Crippen LogP contribution in [0.2, 0.25) is 0 Å². The maximum absolute atomic E-state index is 11.4. The van der Waals surface area contributed by atoms with Crippen LogP contribution in [-0.2, 0) is 14.6 Å². The minimum absolute atomic E-state index is 0.506. The van der Waals surface area contributed by atoms with Crippen molar-refractivity contribution in [2.75, 3.05) is 7.11 Å². The van der Waals surface area contributed by atoms with Gasteiger partial charge in [0.2, 0.25) is 0 Å². The van der Waals surface area contributed by atoms with Crippen molar-refractivity contribution < 1.29 is 17.9 Å². The number of hydrogen-bond acceptors (Lipinski definition) is 4. The number of methoxy groups -OCH3 is 1. The summed E-state index contributed by atoms with van der Waals surface area (Å²) in [5.74, 6) is 0. The number of carbonyl (C=O) groups is 1. The molecule has 5 heteroatoms. The fraction of sp³-hybridized carbons (Fsp3) is 0.875. The SMILES string of the molecule is COC(=O)S(=O)(=O)C1CCCCC1. The van der Waals surface area contributed by atoms with E-state index < -0.39 is 20.4 Å². The molecular weight excluding hydrogens is 192 g/mol. The smallest absolute Gasteiger partial charge is 0.424 e. The summed E-state index contributed by atoms with van der Waals surface area (Å²) in [7, 11) is -2.57. The zero-order valence-corrected chi connectivity index (χ0v) is 8.47. The van der Waals surface area contributed by atoms with Gasteiger partial charge >= 0.3 is 5.30 Å². The molecule has 1 rings (SSSR count). The van der Waals surface area contributed by atoms with E-state index in [-0.39, 0.29) is 0 Å². The predicted molar refractivity (Wildman–Crippen MR) is 48.2 cm³/mol. The molecule has 0 unspecified atom stereocenters. The van der Waals surface area contributed by atoms with Crippen molar-refractivity contribution in [3.05, 3.63) is 0 Å². The van der Waals surface area contributed by atoms with Crippen molar-refractivity contribution in [2.45, 2.75) is 37.4 Å². The summed E-state index contributed by atoms with van der Waals surface area (Å²) in [5, 5.41) is -1.59. The third-order valence-electron chi connectivity index (χ3n) is 2.39. The molecule has 0 spiro atoms. The maximum atomic E-state index is 11.4. The zero-order valence-electron chi connectivity index (χ0n) is 7.65. The molecule has 0 N–H and O–H groups in total. The Morgan fingerprint density at radius 3 is 2.23 bits per heavy atom. The van der Waals surface area contributed by atoms with Crippen LogP contribution in [0.15, 0.2) is 0 Å². The van der Waals surface area contributed by atoms with Crippen LogP contribution in [0.3, 0.4) is 0 Å². The van der Waals surface area contributed by atoms with E-state index in [1.807, 2.05) is 0 Å². The van der Waals surface area contributed by atoms with Gasteiger partial charge < -0.3 is 4.74 Å². The first-order valence-corrected chi connectivity index (χ1v) is 5.95. The average Bonchev–Trinajstić information content (AvgIpc) is 2.18. The number of hydrogen-bond donors (Lipinski definition) is 0. The van der Waals surface area contributed by atoms with Gasteiger partial charge in [-0.1, -0.05) is 19.3 Å². The van der Waals surface area contributed by atoms with Crippen molar-refractivity contribution in [3.63, 3.8) is 0 Å². The van der Waals surface area contributed by atoms with Crippen molar-refractivity contribution in [1.82, 2.24) is 0 Å². The van der Waals surface area contributed by atoms with E-state index in [0.29, 0.717) is 12.8 Å². The lowest BCUT2D eigenvalue weighted by Crippen LogP contribution is -2.30. The van der Waals surface area contributed by atoms with Crippen molar-refractivity contribution in [1.29, 1.82) is 0 Å². The molecule has 0 radical (unpaired) electrons. The largest absolute Gasteiger partial charge is 0.457 e. The van der Waals surface area contributed by atoms with Gasteiger partial charge in [-0.15, -0.1) is 0 Å². The number of carbonyl (C=O) groups excluding carboxylic acids is 1. The summed E-state index contributed by atoms with van der Waals surface area (Å²) >= 11 is 0. The lowest BCUT2D eigenvalue weighted by molar-refractivity contribution is 0.196. The normalized spacial score (nSPS) is 19.8. The molecule has 0 aromatic carbocycles. The molecular formula is C8H14O4S. The molecule has 0 aromatic rings. The summed E-state index contributed by atoms with van der Waals surface area (Å²) < 4.78 is 27.1. The zero-order chi connectivity index (χ0) is 9.90. The van der Waals surface area contributed by atoms with Crippen LogP contribution in [0.1, 0.15) is 32.1 Å². The van der Waals surface area contributed by atoms with Crippen molar-refractivity contribution >= 4 is 15.1 Å². The van der Waals surface area contributed by atoms with Crippen LogP contribution in [0.5, 0.6) is 0 Å². The summed E-state index contributed by atoms with van der Waals surface area (Å²) in [5.41, 5.74) is 0. The summed E-state index contributed by atoms with van der Waals surface area (Å²) in [6.45, 7) is 0. The molecule has 0 atom stereocenters. The minimum Gasteiger partial charge on any atom is -0.457 e. The lowest BCUT2D eigenvalue weighted by atomic mass is 10.0. The molecule has 0 bridgehead atoms. The molecule has 0 heterocycles. The van der Waals surface area contributed by atoms with Crippen LogP contribution < -0.4 is 0 Å². The summed E-state index contributed by atoms with van der Waals surface area (Å²) in [6.07, 6.45) is 4.03. The molecule has 1 aliphatic carbocycles. The van der Waals surface area contributed by atoms with Gasteiger partial charge in [-0.25, -0.2) is 13.2 Å². The molecule has 4 nitrogen and oxygen atoms in total. The second-order valence-electron chi connectivity index (χ2n) is 3.26. The van der Waals surface area contributed by atoms with Gasteiger partial charge in [-0.2, -0.15) is 0 Å². The van der Waals surface area contributed by atoms with Crippen LogP contribution >= 0.6 is 0 Å². The minimum atomic E-state index is -3.67. The van der Waals surface area contributed by atoms with Gasteiger partial charge in [-0.3, -0.25) is 0 Å². The van der Waals surface area contributed by atoms with E-state index >= 15 is 0 Å². The Bertz CT molecular complexity index is 275. The fourth-order valence-electron chi connectivity index (χ4n) is 1.63. The maximum Gasteiger partial charge on any atom is 0.424 e. The van der Waals surface area contributed by atoms with E-state index in [1.165, 1.54) is 0 Å². The number of ether oxygens (including phenoxy) is 1. The Labute approximate surface area is 78.2 Å². The van der Waals surface area contributed by atoms with Gasteiger partial charge in [0, 0.05) is 0 Å². The number of sulfone groups is 1. The standard InChI is InChI=1S/C8H14O4S/c1-12-8(9)13(10,11)7-5-3-2-4-6-7/h7H,2-6H2,1H3. The van der Waals surface area contributed by atoms with Crippen LogP contribution in [-0.4, -0.2) is 26.1 Å². The first-order valence-electron chi connectivity index (χ1n) is 4.41. The molecule has 13 heavy (non-hydrogen) atoms. The molecule has 1 fully saturated rings. The van der Waals surface area contributed by atoms with E-state index in [9.17, 15) is 13.2 Å². The first-order chi connectivity index (χ1) is 6.09. The number of rotatable bonds is 1. The third kappa shape index (κ3) is 2.21. The Morgan fingerprint density at radius 2 is 1.77 bits per heavy atom. The van der Waals surface area contributed by atoms with Gasteiger partial charge in [0.05, 0.1) is 12.4 Å². The van der Waals surface area contributed by atoms with Crippen molar-refractivity contribution in [2.24, 2.45) is 0 Å². The fourth-order valence-corrected chi connectivity index (χ4v) is 3.09. The second kappa shape index (κ2) is 4.09. The first kappa shape index (κ1) is 10.5. The highest BCUT2D eigenvalue weighted by molar-refractivity contribution is 8.06. The summed E-state index contributed by atoms with van der Waals surface area (Å²) in [6, 6.07) is 0. The summed E-state index contributed by atoms with van der Waals surface area (Å²) in [4.78, 5) is 10.9. The van der Waals surface area contributed by atoms with Gasteiger partial charge in [-0.05, 0) is 12.8 Å². The third-order valence-corrected chi connectivity index (χ3v) is 4.37. The second-order valence-corrected chi connectivity index (χ2v) is 5.35. The molecule has 1 aliphatic rings. The Balaban J connectivity index is 2.73. The van der Waals surface area contributed by atoms with Crippen LogP contribution in [0, 0.1) is 0 Å². The highest BCUT2D eigenvalue weighted by Gasteiger charge is 2.34. The quantitative estimate of drug-likeness (QED) is 0.610. The van der Waals surface area contributed by atoms with Gasteiger partial charge in [0.1, 0.15) is 0 Å².